The summed E-state index contributed by atoms with van der Waals surface area (Å²) < 4.78 is 6.68. The summed E-state index contributed by atoms with van der Waals surface area (Å²) in [6.45, 7) is 4.63. The maximum atomic E-state index is 9.46. The maximum absolute atomic E-state index is 9.46. The Balaban J connectivity index is 1.90. The van der Waals surface area contributed by atoms with Crippen molar-refractivity contribution in [1.29, 1.82) is 0 Å². The lowest BCUT2D eigenvalue weighted by Crippen LogP contribution is -2.72. The third-order valence-electron chi connectivity index (χ3n) is 6.41. The summed E-state index contributed by atoms with van der Waals surface area (Å²) >= 11 is 0. The first-order chi connectivity index (χ1) is 9.42. The van der Waals surface area contributed by atoms with E-state index in [1.165, 1.54) is 44.9 Å². The number of hydrogen-bond acceptors (Lipinski definition) is 3. The quantitative estimate of drug-likeness (QED) is 0.836. The van der Waals surface area contributed by atoms with E-state index in [9.17, 15) is 5.11 Å². The highest BCUT2D eigenvalue weighted by atomic mass is 16.5. The first kappa shape index (κ1) is 14.8. The Bertz CT molecular complexity index is 364. The van der Waals surface area contributed by atoms with Crippen molar-refractivity contribution in [3.63, 3.8) is 0 Å². The minimum Gasteiger partial charge on any atom is -0.396 e. The number of aliphatic hydroxyl groups excluding tert-OH is 1. The van der Waals surface area contributed by atoms with Gasteiger partial charge in [-0.2, -0.15) is 0 Å². The Hall–Kier alpha value is -0.120. The largest absolute Gasteiger partial charge is 0.396 e. The van der Waals surface area contributed by atoms with Gasteiger partial charge in [-0.05, 0) is 58.3 Å². The van der Waals surface area contributed by atoms with Crippen LogP contribution in [0, 0.1) is 11.8 Å². The number of rotatable bonds is 3. The van der Waals surface area contributed by atoms with E-state index >= 15 is 0 Å². The average Bonchev–Trinajstić information content (AvgIpc) is 2.38. The molecule has 4 rings (SSSR count). The second-order valence-corrected chi connectivity index (χ2v) is 8.08. The maximum Gasteiger partial charge on any atom is 0.0735 e. The van der Waals surface area contributed by atoms with Gasteiger partial charge in [-0.1, -0.05) is 19.3 Å². The van der Waals surface area contributed by atoms with E-state index in [2.05, 4.69) is 13.8 Å². The molecule has 2 saturated heterocycles. The zero-order valence-electron chi connectivity index (χ0n) is 13.2. The normalized spacial score (nSPS) is 44.7. The zero-order valence-corrected chi connectivity index (χ0v) is 13.2. The van der Waals surface area contributed by atoms with Gasteiger partial charge >= 0.3 is 0 Å². The first-order valence-corrected chi connectivity index (χ1v) is 8.52. The molecule has 2 aliphatic heterocycles. The molecule has 20 heavy (non-hydrogen) atoms. The smallest absolute Gasteiger partial charge is 0.0735 e. The molecule has 0 aromatic carbocycles. The molecule has 116 valence electrons. The van der Waals surface area contributed by atoms with E-state index < -0.39 is 0 Å². The van der Waals surface area contributed by atoms with Gasteiger partial charge in [0.1, 0.15) is 0 Å². The van der Waals surface area contributed by atoms with Crippen LogP contribution in [0.4, 0.5) is 0 Å². The van der Waals surface area contributed by atoms with Crippen LogP contribution in [0.3, 0.4) is 0 Å². The Labute approximate surface area is 123 Å². The fraction of sp³-hybridized carbons (Fsp3) is 1.00. The van der Waals surface area contributed by atoms with E-state index in [0.717, 1.165) is 12.8 Å². The van der Waals surface area contributed by atoms with Crippen molar-refractivity contribution in [3.05, 3.63) is 0 Å². The van der Waals surface area contributed by atoms with Crippen LogP contribution in [0.25, 0.3) is 0 Å². The molecule has 0 spiro atoms. The van der Waals surface area contributed by atoms with Gasteiger partial charge in [0.15, 0.2) is 0 Å². The lowest BCUT2D eigenvalue weighted by atomic mass is 9.54. The van der Waals surface area contributed by atoms with Crippen molar-refractivity contribution in [1.82, 2.24) is 0 Å². The molecule has 3 N–H and O–H groups in total. The molecule has 3 atom stereocenters. The molecule has 2 heterocycles. The molecule has 0 aromatic rings. The molecule has 0 amide bonds. The summed E-state index contributed by atoms with van der Waals surface area (Å²) in [6, 6.07) is 0. The fourth-order valence-corrected chi connectivity index (χ4v) is 5.70. The van der Waals surface area contributed by atoms with Gasteiger partial charge in [-0.3, -0.25) is 0 Å². The second-order valence-electron chi connectivity index (χ2n) is 8.08. The van der Waals surface area contributed by atoms with Crippen molar-refractivity contribution in [2.75, 3.05) is 6.61 Å². The van der Waals surface area contributed by atoms with E-state index in [-0.39, 0.29) is 23.3 Å². The first-order valence-electron chi connectivity index (χ1n) is 8.52. The van der Waals surface area contributed by atoms with Gasteiger partial charge < -0.3 is 15.6 Å². The molecular weight excluding hydrogens is 250 g/mol. The van der Waals surface area contributed by atoms with E-state index in [1.54, 1.807) is 0 Å². The van der Waals surface area contributed by atoms with Crippen molar-refractivity contribution in [2.24, 2.45) is 17.6 Å². The molecule has 2 bridgehead atoms. The lowest BCUT2D eigenvalue weighted by Gasteiger charge is -2.65. The predicted octanol–water partition coefficient (Wildman–Crippen LogP) is 2.99. The standard InChI is InChI=1S/C17H31NO2/c1-15(2)14-8-9-17(20-15,12-16(14,18)10-11-19)13-6-4-3-5-7-13/h13-14,19H,3-12,18H2,1-2H3/t14-,16-,17-/m0/s1. The Morgan fingerprint density at radius 2 is 1.85 bits per heavy atom. The molecule has 4 aliphatic rings. The second kappa shape index (κ2) is 4.96. The van der Waals surface area contributed by atoms with E-state index in [1.807, 2.05) is 0 Å². The van der Waals surface area contributed by atoms with E-state index in [0.29, 0.717) is 11.8 Å². The Morgan fingerprint density at radius 3 is 2.45 bits per heavy atom. The lowest BCUT2D eigenvalue weighted by molar-refractivity contribution is -0.286. The van der Waals surface area contributed by atoms with Gasteiger partial charge in [-0.15, -0.1) is 0 Å². The van der Waals surface area contributed by atoms with Gasteiger partial charge in [0.2, 0.25) is 0 Å². The monoisotopic (exact) mass is 281 g/mol. The third-order valence-corrected chi connectivity index (χ3v) is 6.41. The van der Waals surface area contributed by atoms with Crippen molar-refractivity contribution < 1.29 is 9.84 Å². The molecular formula is C17H31NO2. The minimum atomic E-state index is -0.230. The third kappa shape index (κ3) is 2.22. The number of aliphatic hydroxyl groups is 1. The van der Waals surface area contributed by atoms with Crippen molar-refractivity contribution in [2.45, 2.75) is 88.4 Å². The SMILES string of the molecule is CC1(C)O[C@@]2(C3CCCCC3)CC[C@@H]1[C@](N)(CCO)C2. The molecule has 0 unspecified atom stereocenters. The van der Waals surface area contributed by atoms with Crippen LogP contribution in [0.1, 0.15) is 71.6 Å². The van der Waals surface area contributed by atoms with Gasteiger partial charge in [-0.25, -0.2) is 0 Å². The van der Waals surface area contributed by atoms with Crippen molar-refractivity contribution in [3.8, 4) is 0 Å². The molecule has 0 aromatic heterocycles. The number of hydrogen-bond donors (Lipinski definition) is 2. The summed E-state index contributed by atoms with van der Waals surface area (Å²) in [5.74, 6) is 1.06. The molecule has 2 saturated carbocycles. The highest BCUT2D eigenvalue weighted by molar-refractivity contribution is 5.15. The summed E-state index contributed by atoms with van der Waals surface area (Å²) in [7, 11) is 0. The number of nitrogens with two attached hydrogens (primary N) is 1. The zero-order chi connectivity index (χ0) is 14.4. The Morgan fingerprint density at radius 1 is 1.15 bits per heavy atom. The molecule has 4 fully saturated rings. The summed E-state index contributed by atoms with van der Waals surface area (Å²) in [6.07, 6.45) is 10.7. The van der Waals surface area contributed by atoms with Crippen LogP contribution in [0.15, 0.2) is 0 Å². The van der Waals surface area contributed by atoms with Crippen LogP contribution in [0.5, 0.6) is 0 Å². The predicted molar refractivity (Wildman–Crippen MR) is 80.4 cm³/mol. The van der Waals surface area contributed by atoms with Gasteiger partial charge in [0, 0.05) is 18.1 Å². The van der Waals surface area contributed by atoms with Crippen LogP contribution in [-0.4, -0.2) is 28.5 Å². The Kier molecular flexibility index (Phi) is 3.67. The highest BCUT2D eigenvalue weighted by Crippen LogP contribution is 2.58. The molecule has 2 aliphatic carbocycles. The van der Waals surface area contributed by atoms with Crippen LogP contribution in [-0.2, 0) is 4.74 Å². The fourth-order valence-electron chi connectivity index (χ4n) is 5.70. The van der Waals surface area contributed by atoms with Gasteiger partial charge in [0.05, 0.1) is 11.2 Å². The summed E-state index contributed by atoms with van der Waals surface area (Å²) in [5.41, 5.74) is 6.40. The van der Waals surface area contributed by atoms with Crippen molar-refractivity contribution >= 4 is 0 Å². The molecule has 0 radical (unpaired) electrons. The van der Waals surface area contributed by atoms with Gasteiger partial charge in [0.25, 0.3) is 0 Å². The van der Waals surface area contributed by atoms with E-state index in [4.69, 9.17) is 10.5 Å². The number of fused-ring (bicyclic) bond motifs is 3. The summed E-state index contributed by atoms with van der Waals surface area (Å²) in [4.78, 5) is 0. The highest BCUT2D eigenvalue weighted by Gasteiger charge is 2.62. The summed E-state index contributed by atoms with van der Waals surface area (Å²) in [5, 5.41) is 9.46. The van der Waals surface area contributed by atoms with Crippen LogP contribution in [0.2, 0.25) is 0 Å². The van der Waals surface area contributed by atoms with Crippen LogP contribution < -0.4 is 5.73 Å². The molecule has 3 nitrogen and oxygen atoms in total. The number of ether oxygens (including phenoxy) is 1. The van der Waals surface area contributed by atoms with Crippen LogP contribution >= 0.6 is 0 Å². The minimum absolute atomic E-state index is 0.0113. The average molecular weight is 281 g/mol. The molecule has 3 heteroatoms. The topological polar surface area (TPSA) is 55.5 Å².